The number of nitrogens with zero attached hydrogens (tertiary/aromatic N) is 2. The molecular weight excluding hydrogens is 326 g/mol. The summed E-state index contributed by atoms with van der Waals surface area (Å²) in [6, 6.07) is 8.10. The van der Waals surface area contributed by atoms with Gasteiger partial charge in [-0.3, -0.25) is 14.9 Å². The Kier molecular flexibility index (Phi) is 4.19. The number of nitro benzene ring substituents is 1. The number of hydrogen-bond donors (Lipinski definition) is 1. The van der Waals surface area contributed by atoms with E-state index in [1.807, 2.05) is 0 Å². The van der Waals surface area contributed by atoms with Gasteiger partial charge in [-0.15, -0.1) is 0 Å². The lowest BCUT2D eigenvalue weighted by Crippen LogP contribution is -2.15. The predicted octanol–water partition coefficient (Wildman–Crippen LogP) is 2.67. The van der Waals surface area contributed by atoms with Gasteiger partial charge in [0, 0.05) is 31.9 Å². The summed E-state index contributed by atoms with van der Waals surface area (Å²) in [6.45, 7) is 0.437. The second kappa shape index (κ2) is 5.87. The molecule has 0 spiro atoms. The fourth-order valence-corrected chi connectivity index (χ4v) is 2.10. The number of aryl methyl sites for hydroxylation is 1. The first-order valence-corrected chi connectivity index (χ1v) is 6.60. The molecule has 0 amide bonds. The predicted molar refractivity (Wildman–Crippen MR) is 79.8 cm³/mol. The highest BCUT2D eigenvalue weighted by Crippen LogP contribution is 2.25. The smallest absolute Gasteiger partial charge is 0.283 e. The molecule has 1 aromatic carbocycles. The van der Waals surface area contributed by atoms with Crippen molar-refractivity contribution in [3.05, 3.63) is 67.0 Å². The van der Waals surface area contributed by atoms with Crippen LogP contribution in [-0.2, 0) is 13.6 Å². The summed E-state index contributed by atoms with van der Waals surface area (Å²) in [5.41, 5.74) is 1.51. The largest absolute Gasteiger partial charge is 0.380 e. The quantitative estimate of drug-likeness (QED) is 0.687. The fourth-order valence-electron chi connectivity index (χ4n) is 1.71. The molecule has 1 N–H and O–H groups in total. The third-order valence-corrected chi connectivity index (χ3v) is 3.46. The molecule has 0 atom stereocenters. The van der Waals surface area contributed by atoms with Crippen molar-refractivity contribution in [3.63, 3.8) is 0 Å². The van der Waals surface area contributed by atoms with Crippen LogP contribution in [0.4, 0.5) is 11.4 Å². The molecule has 0 saturated carbocycles. The van der Waals surface area contributed by atoms with Crippen LogP contribution in [0.2, 0.25) is 0 Å². The summed E-state index contributed by atoms with van der Waals surface area (Å²) in [6.07, 6.45) is 1.68. The SMILES string of the molecule is Cn1cc(NCc2ccc(Br)c([N+](=O)[O-])c2)ccc1=O. The van der Waals surface area contributed by atoms with E-state index in [1.54, 1.807) is 31.4 Å². The van der Waals surface area contributed by atoms with Gasteiger partial charge in [-0.05, 0) is 33.6 Å². The zero-order valence-electron chi connectivity index (χ0n) is 10.7. The van der Waals surface area contributed by atoms with Gasteiger partial charge in [0.1, 0.15) is 0 Å². The van der Waals surface area contributed by atoms with Gasteiger partial charge in [-0.2, -0.15) is 0 Å². The van der Waals surface area contributed by atoms with Crippen LogP contribution in [0.3, 0.4) is 0 Å². The first kappa shape index (κ1) is 14.3. The lowest BCUT2D eigenvalue weighted by Gasteiger charge is -2.08. The van der Waals surface area contributed by atoms with E-state index in [1.165, 1.54) is 16.7 Å². The number of pyridine rings is 1. The van der Waals surface area contributed by atoms with Crippen LogP contribution in [-0.4, -0.2) is 9.49 Å². The van der Waals surface area contributed by atoms with Crippen molar-refractivity contribution in [3.8, 4) is 0 Å². The number of rotatable bonds is 4. The Balaban J connectivity index is 2.14. The standard InChI is InChI=1S/C13H12BrN3O3/c1-16-8-10(3-5-13(16)18)15-7-9-2-4-11(14)12(6-9)17(19)20/h2-6,8,15H,7H2,1H3. The van der Waals surface area contributed by atoms with Gasteiger partial charge in [0.2, 0.25) is 5.56 Å². The van der Waals surface area contributed by atoms with Crippen molar-refractivity contribution in [2.24, 2.45) is 7.05 Å². The van der Waals surface area contributed by atoms with E-state index in [9.17, 15) is 14.9 Å². The third-order valence-electron chi connectivity index (χ3n) is 2.79. The summed E-state index contributed by atoms with van der Waals surface area (Å²) in [4.78, 5) is 21.7. The number of nitrogens with one attached hydrogen (secondary N) is 1. The molecule has 1 aromatic heterocycles. The summed E-state index contributed by atoms with van der Waals surface area (Å²) in [7, 11) is 1.66. The third kappa shape index (κ3) is 3.24. The molecule has 2 aromatic rings. The van der Waals surface area contributed by atoms with E-state index in [4.69, 9.17) is 0 Å². The summed E-state index contributed by atoms with van der Waals surface area (Å²) < 4.78 is 1.92. The highest BCUT2D eigenvalue weighted by Gasteiger charge is 2.12. The van der Waals surface area contributed by atoms with E-state index in [0.717, 1.165) is 11.3 Å². The summed E-state index contributed by atoms with van der Waals surface area (Å²) >= 11 is 3.14. The Morgan fingerprint density at radius 2 is 2.10 bits per heavy atom. The van der Waals surface area contributed by atoms with Crippen molar-refractivity contribution >= 4 is 27.3 Å². The van der Waals surface area contributed by atoms with Crippen molar-refractivity contribution in [1.82, 2.24) is 4.57 Å². The average Bonchev–Trinajstić information content (AvgIpc) is 2.41. The molecule has 0 saturated heterocycles. The van der Waals surface area contributed by atoms with Gasteiger partial charge in [0.25, 0.3) is 5.69 Å². The number of hydrogen-bond acceptors (Lipinski definition) is 4. The molecule has 0 bridgehead atoms. The Morgan fingerprint density at radius 3 is 2.75 bits per heavy atom. The monoisotopic (exact) mass is 337 g/mol. The molecule has 104 valence electrons. The van der Waals surface area contributed by atoms with Gasteiger partial charge in [-0.1, -0.05) is 6.07 Å². The maximum atomic E-state index is 11.3. The van der Waals surface area contributed by atoms with Crippen LogP contribution in [0.1, 0.15) is 5.56 Å². The molecule has 2 rings (SSSR count). The Morgan fingerprint density at radius 1 is 1.35 bits per heavy atom. The molecule has 20 heavy (non-hydrogen) atoms. The molecule has 0 unspecified atom stereocenters. The van der Waals surface area contributed by atoms with Crippen molar-refractivity contribution in [2.75, 3.05) is 5.32 Å². The fraction of sp³-hybridized carbons (Fsp3) is 0.154. The van der Waals surface area contributed by atoms with E-state index >= 15 is 0 Å². The number of aromatic nitrogens is 1. The minimum atomic E-state index is -0.431. The topological polar surface area (TPSA) is 77.2 Å². The molecular formula is C13H12BrN3O3. The Bertz CT molecular complexity index is 712. The van der Waals surface area contributed by atoms with Crippen molar-refractivity contribution < 1.29 is 4.92 Å². The minimum Gasteiger partial charge on any atom is -0.380 e. The summed E-state index contributed by atoms with van der Waals surface area (Å²) in [5, 5.41) is 14.0. The van der Waals surface area contributed by atoms with Gasteiger partial charge in [0.15, 0.2) is 0 Å². The van der Waals surface area contributed by atoms with Gasteiger partial charge < -0.3 is 9.88 Å². The number of benzene rings is 1. The second-order valence-corrected chi connectivity index (χ2v) is 5.12. The number of anilines is 1. The second-order valence-electron chi connectivity index (χ2n) is 4.26. The van der Waals surface area contributed by atoms with Gasteiger partial charge in [-0.25, -0.2) is 0 Å². The highest BCUT2D eigenvalue weighted by atomic mass is 79.9. The first-order chi connectivity index (χ1) is 9.47. The molecule has 1 heterocycles. The molecule has 0 aliphatic heterocycles. The number of nitro groups is 1. The van der Waals surface area contributed by atoms with E-state index in [0.29, 0.717) is 11.0 Å². The van der Waals surface area contributed by atoms with Crippen LogP contribution >= 0.6 is 15.9 Å². The zero-order valence-corrected chi connectivity index (χ0v) is 12.3. The van der Waals surface area contributed by atoms with E-state index in [2.05, 4.69) is 21.2 Å². The normalized spacial score (nSPS) is 10.3. The molecule has 0 fully saturated rings. The zero-order chi connectivity index (χ0) is 14.7. The lowest BCUT2D eigenvalue weighted by molar-refractivity contribution is -0.385. The van der Waals surface area contributed by atoms with Crippen LogP contribution in [0, 0.1) is 10.1 Å². The Hall–Kier alpha value is -2.15. The molecule has 7 heteroatoms. The molecule has 0 aliphatic carbocycles. The molecule has 0 radical (unpaired) electrons. The highest BCUT2D eigenvalue weighted by molar-refractivity contribution is 9.10. The van der Waals surface area contributed by atoms with Gasteiger partial charge >= 0.3 is 0 Å². The van der Waals surface area contributed by atoms with Crippen LogP contribution < -0.4 is 10.9 Å². The first-order valence-electron chi connectivity index (χ1n) is 5.81. The number of halogens is 1. The average molecular weight is 338 g/mol. The Labute approximate surface area is 123 Å². The van der Waals surface area contributed by atoms with Crippen LogP contribution in [0.15, 0.2) is 45.8 Å². The summed E-state index contributed by atoms with van der Waals surface area (Å²) in [5.74, 6) is 0. The lowest BCUT2D eigenvalue weighted by atomic mass is 10.2. The molecule has 6 nitrogen and oxygen atoms in total. The van der Waals surface area contributed by atoms with Crippen LogP contribution in [0.25, 0.3) is 0 Å². The van der Waals surface area contributed by atoms with E-state index in [-0.39, 0.29) is 11.2 Å². The van der Waals surface area contributed by atoms with Crippen molar-refractivity contribution in [2.45, 2.75) is 6.54 Å². The maximum absolute atomic E-state index is 11.3. The van der Waals surface area contributed by atoms with Gasteiger partial charge in [0.05, 0.1) is 15.1 Å². The minimum absolute atomic E-state index is 0.0322. The van der Waals surface area contributed by atoms with Crippen LogP contribution in [0.5, 0.6) is 0 Å². The van der Waals surface area contributed by atoms with E-state index < -0.39 is 4.92 Å². The molecule has 0 aliphatic rings. The maximum Gasteiger partial charge on any atom is 0.283 e. The van der Waals surface area contributed by atoms with Crippen molar-refractivity contribution in [1.29, 1.82) is 0 Å².